The summed E-state index contributed by atoms with van der Waals surface area (Å²) in [6.07, 6.45) is 5.27. The van der Waals surface area contributed by atoms with Crippen molar-refractivity contribution in [2.45, 2.75) is 51.3 Å². The van der Waals surface area contributed by atoms with Crippen LogP contribution in [0, 0.1) is 34.0 Å². The zero-order valence-corrected chi connectivity index (χ0v) is 23.1. The molecule has 0 amide bonds. The smallest absolute Gasteiger partial charge is 0.437 e. The van der Waals surface area contributed by atoms with Gasteiger partial charge in [0.25, 0.3) is 5.60 Å². The Labute approximate surface area is 239 Å². The molecule has 0 bridgehead atoms. The topological polar surface area (TPSA) is 83.8 Å². The van der Waals surface area contributed by atoms with Gasteiger partial charge in [0.05, 0.1) is 0 Å². The van der Waals surface area contributed by atoms with Gasteiger partial charge >= 0.3 is 6.18 Å². The van der Waals surface area contributed by atoms with E-state index in [4.69, 9.17) is 4.74 Å². The van der Waals surface area contributed by atoms with Gasteiger partial charge in [-0.1, -0.05) is 93.5 Å². The van der Waals surface area contributed by atoms with Gasteiger partial charge in [-0.15, -0.1) is 0 Å². The van der Waals surface area contributed by atoms with Gasteiger partial charge in [0.2, 0.25) is 0 Å². The van der Waals surface area contributed by atoms with Crippen LogP contribution in [-0.4, -0.2) is 19.3 Å². The van der Waals surface area contributed by atoms with Crippen molar-refractivity contribution < 1.29 is 17.9 Å². The number of nitrogens with zero attached hydrogens (tertiary/aromatic N) is 4. The lowest BCUT2D eigenvalue weighted by molar-refractivity contribution is -0.249. The number of nitriles is 3. The Kier molecular flexibility index (Phi) is 10.6. The average Bonchev–Trinajstić information content (AvgIpc) is 3.32. The molecular weight excluding hydrogens is 525 g/mol. The van der Waals surface area contributed by atoms with Crippen LogP contribution in [0.5, 0.6) is 0 Å². The lowest BCUT2D eigenvalue weighted by atomic mass is 9.84. The van der Waals surface area contributed by atoms with Gasteiger partial charge in [-0.2, -0.15) is 29.0 Å². The van der Waals surface area contributed by atoms with Crippen molar-refractivity contribution in [1.29, 1.82) is 15.8 Å². The maximum Gasteiger partial charge on any atom is 0.437 e. The monoisotopic (exact) mass is 556 g/mol. The number of hydrogen-bond acceptors (Lipinski definition) is 5. The number of anilines is 1. The molecule has 41 heavy (non-hydrogen) atoms. The number of unbranched alkanes of at least 4 members (excludes halogenated alkanes) is 2. The molecule has 8 heteroatoms. The van der Waals surface area contributed by atoms with Crippen molar-refractivity contribution in [3.8, 4) is 18.2 Å². The average molecular weight is 557 g/mol. The number of halogens is 3. The van der Waals surface area contributed by atoms with E-state index in [1.165, 1.54) is 30.3 Å². The number of allylic oxidation sites excluding steroid dienone is 4. The summed E-state index contributed by atoms with van der Waals surface area (Å²) in [5.74, 6) is -0.686. The van der Waals surface area contributed by atoms with Crippen molar-refractivity contribution in [3.63, 3.8) is 0 Å². The summed E-state index contributed by atoms with van der Waals surface area (Å²) >= 11 is 0. The number of alkyl halides is 3. The van der Waals surface area contributed by atoms with Gasteiger partial charge in [-0.3, -0.25) is 0 Å². The minimum Gasteiger partial charge on any atom is -0.465 e. The second-order valence-corrected chi connectivity index (χ2v) is 9.48. The minimum atomic E-state index is -5.02. The molecule has 1 aliphatic heterocycles. The van der Waals surface area contributed by atoms with E-state index in [1.54, 1.807) is 36.4 Å². The Balaban J connectivity index is 2.00. The predicted octanol–water partition coefficient (Wildman–Crippen LogP) is 8.27. The summed E-state index contributed by atoms with van der Waals surface area (Å²) in [5, 5.41) is 28.5. The van der Waals surface area contributed by atoms with Crippen molar-refractivity contribution >= 4 is 11.8 Å². The highest BCUT2D eigenvalue weighted by Crippen LogP contribution is 2.55. The fourth-order valence-corrected chi connectivity index (χ4v) is 4.62. The van der Waals surface area contributed by atoms with Crippen molar-refractivity contribution in [2.24, 2.45) is 0 Å². The van der Waals surface area contributed by atoms with Crippen LogP contribution < -0.4 is 4.90 Å². The SMILES string of the molecule is CCCCN(CCCC)c1ccc(/C=C/C=C/C2=C(C#N)C(=C(C#N)C#N)OC2(c2ccccc2)C(F)(F)F)cc1. The minimum absolute atomic E-state index is 0.277. The largest absolute Gasteiger partial charge is 0.465 e. The van der Waals surface area contributed by atoms with Gasteiger partial charge in [0.15, 0.2) is 11.3 Å². The van der Waals surface area contributed by atoms with Gasteiger partial charge in [0.1, 0.15) is 23.8 Å². The highest BCUT2D eigenvalue weighted by molar-refractivity contribution is 5.64. The normalized spacial score (nSPS) is 16.9. The van der Waals surface area contributed by atoms with Gasteiger partial charge in [0, 0.05) is 29.9 Å². The molecule has 210 valence electrons. The molecular formula is C33H31F3N4O. The van der Waals surface area contributed by atoms with Crippen LogP contribution >= 0.6 is 0 Å². The quantitative estimate of drug-likeness (QED) is 0.205. The van der Waals surface area contributed by atoms with Crippen molar-refractivity contribution in [3.05, 3.63) is 106 Å². The molecule has 1 unspecified atom stereocenters. The third-order valence-corrected chi connectivity index (χ3v) is 6.76. The molecule has 0 aliphatic carbocycles. The molecule has 0 N–H and O–H groups in total. The number of rotatable bonds is 11. The molecule has 0 radical (unpaired) electrons. The van der Waals surface area contributed by atoms with E-state index in [1.807, 2.05) is 24.3 Å². The summed E-state index contributed by atoms with van der Waals surface area (Å²) in [4.78, 5) is 2.36. The molecule has 0 spiro atoms. The molecule has 1 aliphatic rings. The van der Waals surface area contributed by atoms with Crippen LogP contribution in [-0.2, 0) is 10.3 Å². The van der Waals surface area contributed by atoms with Crippen LogP contribution in [0.4, 0.5) is 18.9 Å². The predicted molar refractivity (Wildman–Crippen MR) is 153 cm³/mol. The fourth-order valence-electron chi connectivity index (χ4n) is 4.62. The Morgan fingerprint density at radius 1 is 0.878 bits per heavy atom. The third-order valence-electron chi connectivity index (χ3n) is 6.76. The van der Waals surface area contributed by atoms with Crippen LogP contribution in [0.1, 0.15) is 50.7 Å². The second-order valence-electron chi connectivity index (χ2n) is 9.48. The summed E-state index contributed by atoms with van der Waals surface area (Å²) < 4.78 is 49.9. The molecule has 0 saturated carbocycles. The maximum atomic E-state index is 14.8. The van der Waals surface area contributed by atoms with Gasteiger partial charge < -0.3 is 9.64 Å². The molecule has 2 aromatic carbocycles. The summed E-state index contributed by atoms with van der Waals surface area (Å²) in [5.41, 5.74) is -3.10. The van der Waals surface area contributed by atoms with Crippen molar-refractivity contribution in [2.75, 3.05) is 18.0 Å². The van der Waals surface area contributed by atoms with Crippen LogP contribution in [0.15, 0.2) is 95.3 Å². The number of ether oxygens (including phenoxy) is 1. The summed E-state index contributed by atoms with van der Waals surface area (Å²) in [6, 6.07) is 19.6. The first kappa shape index (κ1) is 30.8. The Bertz CT molecular complexity index is 1430. The van der Waals surface area contributed by atoms with Crippen LogP contribution in [0.3, 0.4) is 0 Å². The van der Waals surface area contributed by atoms with E-state index in [9.17, 15) is 29.0 Å². The Morgan fingerprint density at radius 2 is 1.46 bits per heavy atom. The van der Waals surface area contributed by atoms with E-state index in [0.29, 0.717) is 0 Å². The Hall–Kier alpha value is -4.74. The summed E-state index contributed by atoms with van der Waals surface area (Å²) in [6.45, 7) is 6.28. The van der Waals surface area contributed by atoms with Crippen LogP contribution in [0.25, 0.3) is 6.08 Å². The second kappa shape index (κ2) is 14.1. The zero-order valence-electron chi connectivity index (χ0n) is 23.1. The highest BCUT2D eigenvalue weighted by Gasteiger charge is 2.65. The van der Waals surface area contributed by atoms with E-state index < -0.39 is 34.3 Å². The van der Waals surface area contributed by atoms with E-state index in [2.05, 4.69) is 18.7 Å². The van der Waals surface area contributed by atoms with Gasteiger partial charge in [-0.25, -0.2) is 0 Å². The third kappa shape index (κ3) is 6.71. The zero-order chi connectivity index (χ0) is 29.9. The molecule has 0 fully saturated rings. The first-order valence-corrected chi connectivity index (χ1v) is 13.5. The molecule has 0 saturated heterocycles. The first-order valence-electron chi connectivity index (χ1n) is 13.5. The summed E-state index contributed by atoms with van der Waals surface area (Å²) in [7, 11) is 0. The fraction of sp³-hybridized carbons (Fsp3) is 0.303. The highest BCUT2D eigenvalue weighted by atomic mass is 19.4. The standard InChI is InChI=1S/C33H31F3N4O/c1-3-5-20-40(21-6-4-2)28-18-16-25(17-19-28)12-10-11-15-30-29(24-39)31(26(22-37)23-38)41-32(30,33(34,35)36)27-13-8-7-9-14-27/h7-19H,3-6,20-21H2,1-2H3/b12-10+,15-11+. The number of benzene rings is 2. The van der Waals surface area contributed by atoms with Crippen molar-refractivity contribution in [1.82, 2.24) is 0 Å². The van der Waals surface area contributed by atoms with E-state index in [-0.39, 0.29) is 5.56 Å². The molecule has 2 aromatic rings. The Morgan fingerprint density at radius 3 is 1.98 bits per heavy atom. The molecule has 1 atom stereocenters. The lowest BCUT2D eigenvalue weighted by Gasteiger charge is -2.33. The molecule has 3 rings (SSSR count). The number of hydrogen-bond donors (Lipinski definition) is 0. The molecule has 1 heterocycles. The van der Waals surface area contributed by atoms with E-state index >= 15 is 0 Å². The van der Waals surface area contributed by atoms with Gasteiger partial charge in [-0.05, 0) is 30.5 Å². The van der Waals surface area contributed by atoms with Crippen LogP contribution in [0.2, 0.25) is 0 Å². The molecule has 0 aromatic heterocycles. The van der Waals surface area contributed by atoms with E-state index in [0.717, 1.165) is 56.1 Å². The first-order chi connectivity index (χ1) is 19.8. The molecule has 5 nitrogen and oxygen atoms in total. The maximum absolute atomic E-state index is 14.8. The lowest BCUT2D eigenvalue weighted by Crippen LogP contribution is -2.43.